The van der Waals surface area contributed by atoms with Gasteiger partial charge in [0.05, 0.1) is 0 Å². The molecule has 0 aliphatic rings. The monoisotopic (exact) mass is 327 g/mol. The molecule has 1 unspecified atom stereocenters. The first-order valence-corrected chi connectivity index (χ1v) is 5.40. The van der Waals surface area contributed by atoms with Gasteiger partial charge < -0.3 is 15.2 Å². The number of hydrogen-bond acceptors (Lipinski definition) is 3. The molecular weight excluding hydrogens is 306 g/mol. The molecule has 1 atom stereocenters. The van der Waals surface area contributed by atoms with E-state index in [0.29, 0.717) is 6.79 Å². The van der Waals surface area contributed by atoms with E-state index >= 15 is 0 Å². The van der Waals surface area contributed by atoms with Crippen LogP contribution in [-0.2, 0) is 9.47 Å². The average molecular weight is 329 g/mol. The zero-order valence-electron chi connectivity index (χ0n) is 11.2. The summed E-state index contributed by atoms with van der Waals surface area (Å²) in [6.45, 7) is 4.03. The fourth-order valence-electron chi connectivity index (χ4n) is 1.01. The summed E-state index contributed by atoms with van der Waals surface area (Å²) in [7, 11) is 1.61. The number of rotatable bonds is 6. The van der Waals surface area contributed by atoms with Crippen LogP contribution >= 0.6 is 17.0 Å². The van der Waals surface area contributed by atoms with Crippen LogP contribution in [0.1, 0.15) is 19.8 Å². The topological polar surface area (TPSA) is 44.5 Å². The van der Waals surface area contributed by atoms with Crippen molar-refractivity contribution in [2.24, 2.45) is 5.73 Å². The average Bonchev–Trinajstić information content (AvgIpc) is 2.37. The maximum absolute atomic E-state index is 5.25. The van der Waals surface area contributed by atoms with Gasteiger partial charge in [-0.15, -0.1) is 23.4 Å². The van der Waals surface area contributed by atoms with Crippen LogP contribution in [-0.4, -0.2) is 43.1 Å². The van der Waals surface area contributed by atoms with Gasteiger partial charge >= 0.3 is 23.1 Å². The normalized spacial score (nSPS) is 10.2. The standard InChI is InChI=1S/C7H16NO2.C6H5.BrH.Mg/c1-3-7(4-5-8)10-6-9-2;1-2-4-6-5-3-1;;/h5,7H,3-4,6,8H2,1-2H3;1-5H;1H;/q2*-1;;+2. The molecule has 1 aromatic carbocycles. The summed E-state index contributed by atoms with van der Waals surface area (Å²) < 4.78 is 9.99. The second-order valence-electron chi connectivity index (χ2n) is 3.15. The zero-order chi connectivity index (χ0) is 12.1. The Labute approximate surface area is 137 Å². The van der Waals surface area contributed by atoms with Crippen molar-refractivity contribution in [3.8, 4) is 0 Å². The van der Waals surface area contributed by atoms with Gasteiger partial charge in [0.25, 0.3) is 0 Å². The van der Waals surface area contributed by atoms with E-state index in [9.17, 15) is 0 Å². The second-order valence-corrected chi connectivity index (χ2v) is 3.15. The van der Waals surface area contributed by atoms with Gasteiger partial charge in [-0.2, -0.15) is 36.4 Å². The number of nitrogens with two attached hydrogens (primary N) is 1. The molecule has 18 heavy (non-hydrogen) atoms. The van der Waals surface area contributed by atoms with Crippen molar-refractivity contribution < 1.29 is 9.47 Å². The van der Waals surface area contributed by atoms with Crippen molar-refractivity contribution in [1.82, 2.24) is 0 Å². The van der Waals surface area contributed by atoms with Crippen LogP contribution in [0.2, 0.25) is 0 Å². The van der Waals surface area contributed by atoms with E-state index in [1.165, 1.54) is 0 Å². The smallest absolute Gasteiger partial charge is 0.483 e. The number of halogens is 1. The summed E-state index contributed by atoms with van der Waals surface area (Å²) in [5, 5.41) is 0. The van der Waals surface area contributed by atoms with Crippen LogP contribution < -0.4 is 5.73 Å². The first-order valence-electron chi connectivity index (χ1n) is 5.40. The third kappa shape index (κ3) is 16.3. The van der Waals surface area contributed by atoms with E-state index in [0.717, 1.165) is 12.8 Å². The second kappa shape index (κ2) is 19.7. The number of ether oxygens (including phenoxy) is 2. The van der Waals surface area contributed by atoms with Gasteiger partial charge in [-0.05, 0) is 6.42 Å². The predicted octanol–water partition coefficient (Wildman–Crippen LogP) is 2.58. The molecule has 100 valence electrons. The fraction of sp³-hybridized carbons (Fsp3) is 0.462. The van der Waals surface area contributed by atoms with Crippen LogP contribution in [0, 0.1) is 12.6 Å². The summed E-state index contributed by atoms with van der Waals surface area (Å²) in [6, 6.07) is 12.5. The van der Waals surface area contributed by atoms with Crippen LogP contribution in [0.4, 0.5) is 0 Å². The molecule has 0 radical (unpaired) electrons. The summed E-state index contributed by atoms with van der Waals surface area (Å²) in [6.07, 6.45) is 1.97. The molecule has 0 spiro atoms. The van der Waals surface area contributed by atoms with Gasteiger partial charge in [-0.1, -0.05) is 6.92 Å². The zero-order valence-corrected chi connectivity index (χ0v) is 14.3. The van der Waals surface area contributed by atoms with Gasteiger partial charge in [0.2, 0.25) is 0 Å². The summed E-state index contributed by atoms with van der Waals surface area (Å²) >= 11 is 0. The molecule has 1 aromatic rings. The Kier molecular flexibility index (Phi) is 25.6. The van der Waals surface area contributed by atoms with Crippen molar-refractivity contribution in [2.45, 2.75) is 25.9 Å². The van der Waals surface area contributed by atoms with E-state index in [1.807, 2.05) is 30.3 Å². The maximum Gasteiger partial charge on any atom is 2.00 e. The molecule has 0 amide bonds. The molecule has 0 saturated heterocycles. The molecule has 5 heteroatoms. The SMILES string of the molecule is Br.CCC(C[CH-]N)OCOC.[Mg+2].[c-]1ccccc1. The minimum Gasteiger partial charge on any atom is -0.483 e. The van der Waals surface area contributed by atoms with Crippen LogP contribution in [0.15, 0.2) is 30.3 Å². The first-order chi connectivity index (χ1) is 7.85. The summed E-state index contributed by atoms with van der Waals surface area (Å²) in [4.78, 5) is 0. The van der Waals surface area contributed by atoms with Crippen molar-refractivity contribution in [1.29, 1.82) is 0 Å². The quantitative estimate of drug-likeness (QED) is 0.496. The molecular formula is C13H22BrMgNO2. The minimum absolute atomic E-state index is 0. The Hall–Kier alpha value is 0.346. The molecule has 0 aliphatic heterocycles. The molecule has 0 aromatic heterocycles. The van der Waals surface area contributed by atoms with Gasteiger partial charge in [-0.25, -0.2) is 0 Å². The van der Waals surface area contributed by atoms with Crippen LogP contribution in [0.5, 0.6) is 0 Å². The molecule has 0 heterocycles. The van der Waals surface area contributed by atoms with Crippen molar-refractivity contribution in [3.63, 3.8) is 0 Å². The number of benzene rings is 1. The number of methoxy groups -OCH3 is 1. The Morgan fingerprint density at radius 1 is 1.28 bits per heavy atom. The molecule has 0 saturated carbocycles. The summed E-state index contributed by atoms with van der Waals surface area (Å²) in [5.41, 5.74) is 5.23. The van der Waals surface area contributed by atoms with Crippen LogP contribution in [0.25, 0.3) is 0 Å². The molecule has 0 aliphatic carbocycles. The van der Waals surface area contributed by atoms with Gasteiger partial charge in [0.15, 0.2) is 0 Å². The van der Waals surface area contributed by atoms with E-state index in [-0.39, 0.29) is 46.1 Å². The Morgan fingerprint density at radius 2 is 1.89 bits per heavy atom. The van der Waals surface area contributed by atoms with Crippen LogP contribution in [0.3, 0.4) is 0 Å². The molecule has 1 rings (SSSR count). The van der Waals surface area contributed by atoms with E-state index in [4.69, 9.17) is 15.2 Å². The third-order valence-corrected chi connectivity index (χ3v) is 1.88. The van der Waals surface area contributed by atoms with Crippen molar-refractivity contribution in [2.75, 3.05) is 13.9 Å². The molecule has 0 fully saturated rings. The molecule has 0 bridgehead atoms. The van der Waals surface area contributed by atoms with E-state index < -0.39 is 0 Å². The van der Waals surface area contributed by atoms with Crippen molar-refractivity contribution >= 4 is 40.0 Å². The molecule has 2 N–H and O–H groups in total. The third-order valence-electron chi connectivity index (χ3n) is 1.88. The largest absolute Gasteiger partial charge is 2.00 e. The first kappa shape index (κ1) is 23.4. The Morgan fingerprint density at radius 3 is 2.17 bits per heavy atom. The van der Waals surface area contributed by atoms with Gasteiger partial charge in [0, 0.05) is 13.2 Å². The maximum atomic E-state index is 5.25. The van der Waals surface area contributed by atoms with Gasteiger partial charge in [0.1, 0.15) is 6.79 Å². The number of hydrogen-bond donors (Lipinski definition) is 1. The Bertz CT molecular complexity index is 201. The van der Waals surface area contributed by atoms with E-state index in [1.54, 1.807) is 13.7 Å². The molecule has 3 nitrogen and oxygen atoms in total. The minimum atomic E-state index is 0. The van der Waals surface area contributed by atoms with Crippen molar-refractivity contribution in [3.05, 3.63) is 42.9 Å². The fourth-order valence-corrected chi connectivity index (χ4v) is 1.01. The van der Waals surface area contributed by atoms with Gasteiger partial charge in [-0.3, -0.25) is 6.54 Å². The summed E-state index contributed by atoms with van der Waals surface area (Å²) in [5.74, 6) is 0. The Balaban J connectivity index is -0.000000244. The predicted molar refractivity (Wildman–Crippen MR) is 81.5 cm³/mol. The van der Waals surface area contributed by atoms with E-state index in [2.05, 4.69) is 13.0 Å².